The fourth-order valence-corrected chi connectivity index (χ4v) is 4.69. The summed E-state index contributed by atoms with van der Waals surface area (Å²) < 4.78 is 0. The highest BCUT2D eigenvalue weighted by atomic mass is 35.5. The summed E-state index contributed by atoms with van der Waals surface area (Å²) in [7, 11) is 2.24. The van der Waals surface area contributed by atoms with Crippen molar-refractivity contribution in [1.29, 1.82) is 0 Å². The smallest absolute Gasteiger partial charge is 0.0410 e. The lowest BCUT2D eigenvalue weighted by Crippen LogP contribution is -2.49. The number of likely N-dealkylation sites (tertiary alicyclic amines) is 1. The van der Waals surface area contributed by atoms with Gasteiger partial charge in [-0.15, -0.1) is 0 Å². The number of benzene rings is 1. The van der Waals surface area contributed by atoms with Gasteiger partial charge in [-0.1, -0.05) is 11.6 Å². The number of nitrogens with one attached hydrogen (secondary N) is 1. The van der Waals surface area contributed by atoms with E-state index in [0.29, 0.717) is 12.0 Å². The first kappa shape index (κ1) is 15.7. The molecule has 2 saturated heterocycles. The van der Waals surface area contributed by atoms with Crippen LogP contribution >= 0.6 is 11.6 Å². The minimum Gasteiger partial charge on any atom is -0.366 e. The van der Waals surface area contributed by atoms with Gasteiger partial charge in [0.05, 0.1) is 0 Å². The van der Waals surface area contributed by atoms with Crippen molar-refractivity contribution in [2.24, 2.45) is 0 Å². The Morgan fingerprint density at radius 1 is 1.17 bits per heavy atom. The van der Waals surface area contributed by atoms with E-state index < -0.39 is 0 Å². The predicted octanol–water partition coefficient (Wildman–Crippen LogP) is 1.85. The molecule has 0 radical (unpaired) electrons. The lowest BCUT2D eigenvalue weighted by Gasteiger charge is -2.38. The monoisotopic (exact) mass is 334 g/mol. The van der Waals surface area contributed by atoms with Crippen molar-refractivity contribution in [3.63, 3.8) is 0 Å². The van der Waals surface area contributed by atoms with Gasteiger partial charge in [0, 0.05) is 68.5 Å². The van der Waals surface area contributed by atoms with Gasteiger partial charge in [0.15, 0.2) is 0 Å². The Morgan fingerprint density at radius 3 is 2.83 bits per heavy atom. The van der Waals surface area contributed by atoms with Crippen molar-refractivity contribution in [3.05, 3.63) is 28.8 Å². The number of rotatable bonds is 3. The van der Waals surface area contributed by atoms with E-state index in [1.54, 1.807) is 0 Å². The first-order valence-electron chi connectivity index (χ1n) is 8.90. The van der Waals surface area contributed by atoms with Crippen LogP contribution in [0.1, 0.15) is 17.9 Å². The molecule has 4 nitrogen and oxygen atoms in total. The summed E-state index contributed by atoms with van der Waals surface area (Å²) in [5.41, 5.74) is 2.89. The lowest BCUT2D eigenvalue weighted by molar-refractivity contribution is 0.219. The maximum atomic E-state index is 6.29. The second kappa shape index (κ2) is 6.60. The molecule has 1 aromatic carbocycles. The maximum absolute atomic E-state index is 6.29. The second-order valence-corrected chi connectivity index (χ2v) is 7.65. The van der Waals surface area contributed by atoms with Gasteiger partial charge >= 0.3 is 0 Å². The van der Waals surface area contributed by atoms with E-state index >= 15 is 0 Å². The molecular weight excluding hydrogens is 308 g/mol. The molecule has 3 aliphatic rings. The van der Waals surface area contributed by atoms with Crippen LogP contribution < -0.4 is 10.2 Å². The van der Waals surface area contributed by atoms with E-state index in [1.165, 1.54) is 43.9 Å². The molecule has 0 bridgehead atoms. The molecule has 2 fully saturated rings. The molecule has 4 rings (SSSR count). The molecule has 0 saturated carbocycles. The highest BCUT2D eigenvalue weighted by molar-refractivity contribution is 6.30. The van der Waals surface area contributed by atoms with Crippen LogP contribution in [0.2, 0.25) is 5.02 Å². The van der Waals surface area contributed by atoms with Gasteiger partial charge in [0.1, 0.15) is 0 Å². The zero-order valence-corrected chi connectivity index (χ0v) is 14.7. The first-order valence-corrected chi connectivity index (χ1v) is 9.28. The molecule has 2 unspecified atom stereocenters. The third-order valence-electron chi connectivity index (χ3n) is 5.74. The number of fused-ring (bicyclic) bond motifs is 3. The number of piperazine rings is 1. The van der Waals surface area contributed by atoms with Crippen molar-refractivity contribution in [1.82, 2.24) is 15.1 Å². The first-order chi connectivity index (χ1) is 11.2. The molecule has 1 aromatic rings. The van der Waals surface area contributed by atoms with Crippen LogP contribution in [0, 0.1) is 0 Å². The van der Waals surface area contributed by atoms with E-state index in [4.69, 9.17) is 11.6 Å². The molecule has 0 amide bonds. The van der Waals surface area contributed by atoms with E-state index in [0.717, 1.165) is 31.2 Å². The fraction of sp³-hybridized carbons (Fsp3) is 0.667. The molecule has 23 heavy (non-hydrogen) atoms. The molecule has 3 heterocycles. The SMILES string of the molecule is CN1CCC2C(C1)c1cc(Cl)ccc1N2CCN1CCNCC1. The molecule has 0 aromatic heterocycles. The second-order valence-electron chi connectivity index (χ2n) is 7.21. The summed E-state index contributed by atoms with van der Waals surface area (Å²) in [5.74, 6) is 0.616. The molecule has 126 valence electrons. The number of nitrogens with zero attached hydrogens (tertiary/aromatic N) is 3. The highest BCUT2D eigenvalue weighted by Crippen LogP contribution is 2.45. The van der Waals surface area contributed by atoms with Crippen LogP contribution in [0.4, 0.5) is 5.69 Å². The minimum atomic E-state index is 0.616. The van der Waals surface area contributed by atoms with Crippen LogP contribution in [0.5, 0.6) is 0 Å². The number of halogens is 1. The van der Waals surface area contributed by atoms with Gasteiger partial charge in [0.2, 0.25) is 0 Å². The van der Waals surface area contributed by atoms with Crippen molar-refractivity contribution in [2.45, 2.75) is 18.4 Å². The van der Waals surface area contributed by atoms with Gasteiger partial charge in [-0.2, -0.15) is 0 Å². The van der Waals surface area contributed by atoms with E-state index in [2.05, 4.69) is 45.3 Å². The van der Waals surface area contributed by atoms with Gasteiger partial charge < -0.3 is 15.1 Å². The Kier molecular flexibility index (Phi) is 4.50. The number of piperidine rings is 1. The average Bonchev–Trinajstić information content (AvgIpc) is 2.86. The van der Waals surface area contributed by atoms with Gasteiger partial charge in [-0.25, -0.2) is 0 Å². The fourth-order valence-electron chi connectivity index (χ4n) is 4.51. The van der Waals surface area contributed by atoms with Crippen molar-refractivity contribution < 1.29 is 0 Å². The average molecular weight is 335 g/mol. The molecule has 2 atom stereocenters. The zero-order chi connectivity index (χ0) is 15.8. The summed E-state index contributed by atoms with van der Waals surface area (Å²) in [5, 5.41) is 4.31. The summed E-state index contributed by atoms with van der Waals surface area (Å²) in [4.78, 5) is 7.73. The number of hydrogen-bond donors (Lipinski definition) is 1. The van der Waals surface area contributed by atoms with Gasteiger partial charge in [-0.3, -0.25) is 4.90 Å². The summed E-state index contributed by atoms with van der Waals surface area (Å²) in [6.07, 6.45) is 1.26. The maximum Gasteiger partial charge on any atom is 0.0410 e. The van der Waals surface area contributed by atoms with Crippen LogP contribution in [-0.2, 0) is 0 Å². The Hall–Kier alpha value is -0.810. The van der Waals surface area contributed by atoms with Crippen LogP contribution in [0.15, 0.2) is 18.2 Å². The number of likely N-dealkylation sites (N-methyl/N-ethyl adjacent to an activating group) is 1. The standard InChI is InChI=1S/C18H27ClN4/c1-21-7-4-18-16(13-21)15-12-14(19)2-3-17(15)23(18)11-10-22-8-5-20-6-9-22/h2-3,12,16,18,20H,4-11,13H2,1H3. The third kappa shape index (κ3) is 3.10. The van der Waals surface area contributed by atoms with E-state index in [-0.39, 0.29) is 0 Å². The van der Waals surface area contributed by atoms with Crippen molar-refractivity contribution in [3.8, 4) is 0 Å². The Bertz CT molecular complexity index is 558. The number of anilines is 1. The third-order valence-corrected chi connectivity index (χ3v) is 5.98. The summed E-state index contributed by atoms with van der Waals surface area (Å²) >= 11 is 6.29. The Labute approximate surface area is 144 Å². The number of hydrogen-bond acceptors (Lipinski definition) is 4. The van der Waals surface area contributed by atoms with Crippen LogP contribution in [-0.4, -0.2) is 75.2 Å². The molecule has 1 N–H and O–H groups in total. The Morgan fingerprint density at radius 2 is 2.00 bits per heavy atom. The molecule has 5 heteroatoms. The molecule has 0 aliphatic carbocycles. The van der Waals surface area contributed by atoms with Gasteiger partial charge in [-0.05, 0) is 43.8 Å². The van der Waals surface area contributed by atoms with E-state index in [9.17, 15) is 0 Å². The molecule has 0 spiro atoms. The summed E-state index contributed by atoms with van der Waals surface area (Å²) in [6, 6.07) is 7.16. The van der Waals surface area contributed by atoms with Crippen LogP contribution in [0.25, 0.3) is 0 Å². The zero-order valence-electron chi connectivity index (χ0n) is 14.0. The molecule has 3 aliphatic heterocycles. The molecular formula is C18H27ClN4. The lowest BCUT2D eigenvalue weighted by atomic mass is 9.89. The predicted molar refractivity (Wildman–Crippen MR) is 96.8 cm³/mol. The summed E-state index contributed by atoms with van der Waals surface area (Å²) in [6.45, 7) is 9.28. The van der Waals surface area contributed by atoms with Crippen LogP contribution in [0.3, 0.4) is 0 Å². The highest BCUT2D eigenvalue weighted by Gasteiger charge is 2.41. The van der Waals surface area contributed by atoms with E-state index in [1.807, 2.05) is 0 Å². The normalized spacial score (nSPS) is 28.7. The Balaban J connectivity index is 1.53. The van der Waals surface area contributed by atoms with Crippen molar-refractivity contribution in [2.75, 3.05) is 64.3 Å². The largest absolute Gasteiger partial charge is 0.366 e. The topological polar surface area (TPSA) is 21.8 Å². The van der Waals surface area contributed by atoms with Gasteiger partial charge in [0.25, 0.3) is 0 Å². The minimum absolute atomic E-state index is 0.616. The van der Waals surface area contributed by atoms with Crippen molar-refractivity contribution >= 4 is 17.3 Å². The quantitative estimate of drug-likeness (QED) is 0.910.